The standard InChI is InChI=1S/C29H37N3O10/c1-15(40-22(35)8-11-31-21(34)6-5-18(30)26(36)37)27(38)41-19-7-9-29(39)20-13-16-3-4-17(14-33)24-23(16)28(29,25(19)42-24)10-12-32(20)2/h3-4,7,15,18,20,25,33,39H,5-6,8-14,30H2,1-2H3,(H,31,34)(H,36,37)/t15-,18-,20+,25-,28-,29+/m0/s1. The van der Waals surface area contributed by atoms with Crippen LogP contribution in [0.4, 0.5) is 0 Å². The van der Waals surface area contributed by atoms with Crippen molar-refractivity contribution < 1.29 is 48.7 Å². The van der Waals surface area contributed by atoms with Crippen molar-refractivity contribution in [3.63, 3.8) is 0 Å². The molecule has 0 unspecified atom stereocenters. The van der Waals surface area contributed by atoms with Crippen LogP contribution < -0.4 is 15.8 Å². The monoisotopic (exact) mass is 587 g/mol. The van der Waals surface area contributed by atoms with Gasteiger partial charge >= 0.3 is 17.9 Å². The van der Waals surface area contributed by atoms with Crippen molar-refractivity contribution in [2.75, 3.05) is 20.1 Å². The molecule has 13 heteroatoms. The van der Waals surface area contributed by atoms with E-state index in [0.29, 0.717) is 30.7 Å². The molecule has 2 aliphatic carbocycles. The predicted octanol–water partition coefficient (Wildman–Crippen LogP) is -0.370. The van der Waals surface area contributed by atoms with E-state index in [9.17, 15) is 29.4 Å². The molecule has 0 radical (unpaired) electrons. The second-order valence-electron chi connectivity index (χ2n) is 11.5. The number of carbonyl (C=O) groups excluding carboxylic acids is 3. The Hall–Kier alpha value is -3.52. The van der Waals surface area contributed by atoms with Crippen molar-refractivity contribution in [3.8, 4) is 5.75 Å². The number of hydrogen-bond donors (Lipinski definition) is 5. The summed E-state index contributed by atoms with van der Waals surface area (Å²) in [6.07, 6.45) is 0.669. The van der Waals surface area contributed by atoms with E-state index in [0.717, 1.165) is 11.1 Å². The van der Waals surface area contributed by atoms with Crippen LogP contribution in [0.15, 0.2) is 24.0 Å². The Bertz CT molecular complexity index is 1330. The fourth-order valence-corrected chi connectivity index (χ4v) is 6.94. The minimum absolute atomic E-state index is 0.0429. The molecule has 1 saturated heterocycles. The van der Waals surface area contributed by atoms with Crippen molar-refractivity contribution in [2.24, 2.45) is 5.73 Å². The van der Waals surface area contributed by atoms with Crippen LogP contribution in [0.2, 0.25) is 0 Å². The zero-order valence-electron chi connectivity index (χ0n) is 23.6. The van der Waals surface area contributed by atoms with Gasteiger partial charge in [0.1, 0.15) is 17.6 Å². The molecule has 5 rings (SSSR count). The number of nitrogens with two attached hydrogens (primary N) is 1. The highest BCUT2D eigenvalue weighted by Crippen LogP contribution is 2.64. The van der Waals surface area contributed by atoms with Gasteiger partial charge in [-0.1, -0.05) is 12.1 Å². The number of carboxylic acid groups (broad SMARTS) is 1. The number of amides is 1. The number of nitrogens with zero attached hydrogens (tertiary/aromatic N) is 1. The van der Waals surface area contributed by atoms with Crippen LogP contribution >= 0.6 is 0 Å². The number of aliphatic hydroxyl groups is 2. The lowest BCUT2D eigenvalue weighted by Crippen LogP contribution is -2.74. The maximum Gasteiger partial charge on any atom is 0.352 e. The Morgan fingerprint density at radius 1 is 1.26 bits per heavy atom. The van der Waals surface area contributed by atoms with E-state index in [1.165, 1.54) is 6.92 Å². The van der Waals surface area contributed by atoms with E-state index in [1.807, 2.05) is 19.2 Å². The number of aliphatic hydroxyl groups excluding tert-OH is 1. The van der Waals surface area contributed by atoms with E-state index in [1.54, 1.807) is 6.08 Å². The molecular formula is C29H37N3O10. The van der Waals surface area contributed by atoms with Gasteiger partial charge in [-0.05, 0) is 51.4 Å². The van der Waals surface area contributed by atoms with Crippen molar-refractivity contribution >= 4 is 23.8 Å². The number of likely N-dealkylation sites (tertiary alicyclic amines) is 1. The zero-order chi connectivity index (χ0) is 30.4. The first-order valence-corrected chi connectivity index (χ1v) is 14.1. The van der Waals surface area contributed by atoms with Crippen LogP contribution in [0.1, 0.15) is 55.7 Å². The van der Waals surface area contributed by atoms with Gasteiger partial charge in [-0.15, -0.1) is 0 Å². The Morgan fingerprint density at radius 3 is 2.74 bits per heavy atom. The molecule has 0 aromatic heterocycles. The molecule has 1 aromatic rings. The number of aliphatic carboxylic acids is 1. The second-order valence-corrected chi connectivity index (χ2v) is 11.5. The lowest BCUT2D eigenvalue weighted by atomic mass is 9.50. The Labute approximate surface area is 242 Å². The van der Waals surface area contributed by atoms with E-state index >= 15 is 0 Å². The number of nitrogens with one attached hydrogen (secondary N) is 1. The molecule has 6 atom stereocenters. The third kappa shape index (κ3) is 4.83. The van der Waals surface area contributed by atoms with E-state index in [2.05, 4.69) is 10.2 Å². The highest BCUT2D eigenvalue weighted by atomic mass is 16.6. The Balaban J connectivity index is 1.23. The van der Waals surface area contributed by atoms with Crippen LogP contribution in [-0.4, -0.2) is 94.1 Å². The maximum atomic E-state index is 13.0. The van der Waals surface area contributed by atoms with Crippen molar-refractivity contribution in [2.45, 2.75) is 87.4 Å². The number of ether oxygens (including phenoxy) is 3. The van der Waals surface area contributed by atoms with Crippen molar-refractivity contribution in [3.05, 3.63) is 40.7 Å². The molecule has 2 bridgehead atoms. The molecule has 0 saturated carbocycles. The lowest BCUT2D eigenvalue weighted by molar-refractivity contribution is -0.175. The first kappa shape index (κ1) is 30.0. The first-order chi connectivity index (χ1) is 19.9. The average molecular weight is 588 g/mol. The molecule has 6 N–H and O–H groups in total. The van der Waals surface area contributed by atoms with E-state index in [4.69, 9.17) is 25.1 Å². The molecule has 228 valence electrons. The van der Waals surface area contributed by atoms with Gasteiger partial charge in [-0.25, -0.2) is 4.79 Å². The highest BCUT2D eigenvalue weighted by Gasteiger charge is 2.71. The average Bonchev–Trinajstić information content (AvgIpc) is 3.30. The summed E-state index contributed by atoms with van der Waals surface area (Å²) in [4.78, 5) is 50.1. The zero-order valence-corrected chi connectivity index (χ0v) is 23.6. The highest BCUT2D eigenvalue weighted by molar-refractivity contribution is 5.81. The quantitative estimate of drug-likeness (QED) is 0.211. The third-order valence-electron chi connectivity index (χ3n) is 9.14. The number of benzene rings is 1. The second kappa shape index (κ2) is 11.3. The van der Waals surface area contributed by atoms with Gasteiger partial charge in [0, 0.05) is 36.6 Å². The molecule has 1 spiro atoms. The third-order valence-corrected chi connectivity index (χ3v) is 9.14. The first-order valence-electron chi connectivity index (χ1n) is 14.1. The minimum Gasteiger partial charge on any atom is -0.481 e. The molecule has 2 aliphatic heterocycles. The fraction of sp³-hybridized carbons (Fsp3) is 0.586. The van der Waals surface area contributed by atoms with Gasteiger partial charge in [0.2, 0.25) is 5.91 Å². The largest absolute Gasteiger partial charge is 0.481 e. The number of rotatable bonds is 11. The van der Waals surface area contributed by atoms with Crippen LogP contribution in [-0.2, 0) is 47.1 Å². The summed E-state index contributed by atoms with van der Waals surface area (Å²) in [6.45, 7) is 1.78. The summed E-state index contributed by atoms with van der Waals surface area (Å²) < 4.78 is 17.4. The van der Waals surface area contributed by atoms with Crippen LogP contribution in [0.25, 0.3) is 0 Å². The SMILES string of the molecule is C[C@H](OC(=O)CCNC(=O)CC[C@H](N)C(=O)O)C(=O)OC1=CC[C@@]2(O)[C@H]3Cc4ccc(CO)c5c4[C@@]2(CCN3C)[C@H]1O5. The summed E-state index contributed by atoms with van der Waals surface area (Å²) in [5.74, 6) is -2.46. The molecule has 1 fully saturated rings. The summed E-state index contributed by atoms with van der Waals surface area (Å²) in [6, 6.07) is 2.48. The summed E-state index contributed by atoms with van der Waals surface area (Å²) in [5.41, 5.74) is 5.85. The molecule has 1 amide bonds. The molecule has 42 heavy (non-hydrogen) atoms. The fourth-order valence-electron chi connectivity index (χ4n) is 6.94. The number of esters is 2. The maximum absolute atomic E-state index is 13.0. The number of carbonyl (C=O) groups is 4. The Kier molecular flexibility index (Phi) is 8.05. The topological polar surface area (TPSA) is 198 Å². The smallest absolute Gasteiger partial charge is 0.352 e. The number of carboxylic acids is 1. The predicted molar refractivity (Wildman–Crippen MR) is 145 cm³/mol. The number of piperidine rings is 1. The molecule has 13 nitrogen and oxygen atoms in total. The van der Waals surface area contributed by atoms with Gasteiger partial charge in [0.05, 0.1) is 24.0 Å². The van der Waals surface area contributed by atoms with Gasteiger partial charge in [-0.2, -0.15) is 0 Å². The Morgan fingerprint density at radius 2 is 2.02 bits per heavy atom. The van der Waals surface area contributed by atoms with Crippen LogP contribution in [0.3, 0.4) is 0 Å². The summed E-state index contributed by atoms with van der Waals surface area (Å²) in [5, 5.41) is 33.5. The number of hydrogen-bond acceptors (Lipinski definition) is 11. The summed E-state index contributed by atoms with van der Waals surface area (Å²) >= 11 is 0. The van der Waals surface area contributed by atoms with Crippen LogP contribution in [0, 0.1) is 0 Å². The molecule has 1 aromatic carbocycles. The normalized spacial score (nSPS) is 28.5. The molecule has 2 heterocycles. The van der Waals surface area contributed by atoms with Gasteiger partial charge < -0.3 is 45.5 Å². The van der Waals surface area contributed by atoms with Crippen molar-refractivity contribution in [1.82, 2.24) is 10.2 Å². The molecular weight excluding hydrogens is 550 g/mol. The van der Waals surface area contributed by atoms with E-state index in [-0.39, 0.29) is 50.6 Å². The van der Waals surface area contributed by atoms with Gasteiger partial charge in [0.25, 0.3) is 0 Å². The van der Waals surface area contributed by atoms with E-state index < -0.39 is 53.1 Å². The van der Waals surface area contributed by atoms with Crippen molar-refractivity contribution in [1.29, 1.82) is 0 Å². The molecule has 4 aliphatic rings. The van der Waals surface area contributed by atoms with Gasteiger partial charge in [0.15, 0.2) is 12.2 Å². The van der Waals surface area contributed by atoms with Gasteiger partial charge in [-0.3, -0.25) is 14.4 Å². The minimum atomic E-state index is -1.26. The lowest BCUT2D eigenvalue weighted by Gasteiger charge is -2.61. The number of likely N-dealkylation sites (N-methyl/N-ethyl adjacent to an activating group) is 1. The van der Waals surface area contributed by atoms with Crippen LogP contribution in [0.5, 0.6) is 5.75 Å². The summed E-state index contributed by atoms with van der Waals surface area (Å²) in [7, 11) is 1.99.